The van der Waals surface area contributed by atoms with Gasteiger partial charge in [-0.3, -0.25) is 9.20 Å². The molecule has 3 aromatic rings. The number of aldehydes is 1. The molecule has 0 N–H and O–H groups in total. The van der Waals surface area contributed by atoms with Crippen molar-refractivity contribution in [2.75, 3.05) is 0 Å². The van der Waals surface area contributed by atoms with E-state index >= 15 is 0 Å². The van der Waals surface area contributed by atoms with Gasteiger partial charge in [-0.05, 0) is 36.8 Å². The minimum Gasteiger partial charge on any atom is -0.299 e. The molecule has 2 heterocycles. The molecule has 0 bridgehead atoms. The van der Waals surface area contributed by atoms with E-state index in [2.05, 4.69) is 20.9 Å². The molecule has 0 aliphatic rings. The molecule has 0 saturated heterocycles. The van der Waals surface area contributed by atoms with Gasteiger partial charge in [0.2, 0.25) is 0 Å². The van der Waals surface area contributed by atoms with Crippen LogP contribution in [0.15, 0.2) is 47.1 Å². The normalized spacial score (nSPS) is 10.8. The van der Waals surface area contributed by atoms with Crippen LogP contribution in [0.3, 0.4) is 0 Å². The lowest BCUT2D eigenvalue weighted by atomic mass is 10.2. The summed E-state index contributed by atoms with van der Waals surface area (Å²) in [6.45, 7) is 2.00. The van der Waals surface area contributed by atoms with Gasteiger partial charge in [0.15, 0.2) is 6.29 Å². The summed E-state index contributed by atoms with van der Waals surface area (Å²) < 4.78 is 2.96. The van der Waals surface area contributed by atoms with Crippen molar-refractivity contribution in [1.29, 1.82) is 0 Å². The Kier molecular flexibility index (Phi) is 2.95. The van der Waals surface area contributed by atoms with Gasteiger partial charge in [-0.1, -0.05) is 28.1 Å². The number of aromatic nitrogens is 2. The largest absolute Gasteiger partial charge is 0.299 e. The summed E-state index contributed by atoms with van der Waals surface area (Å²) in [5.74, 6) is 0.782. The number of carbonyl (C=O) groups excluding carboxylic acids is 1. The van der Waals surface area contributed by atoms with Crippen molar-refractivity contribution < 1.29 is 4.79 Å². The summed E-state index contributed by atoms with van der Waals surface area (Å²) in [6, 6.07) is 11.9. The Labute approximate surface area is 119 Å². The SMILES string of the molecule is Cc1ccn2c(-c3ccc(Br)cc3)nc(C=O)c2c1. The van der Waals surface area contributed by atoms with E-state index in [-0.39, 0.29) is 0 Å². The van der Waals surface area contributed by atoms with Crippen LogP contribution in [0.25, 0.3) is 16.9 Å². The molecule has 0 atom stereocenters. The molecule has 0 aliphatic heterocycles. The molecular formula is C15H11BrN2O. The van der Waals surface area contributed by atoms with Crippen LogP contribution < -0.4 is 0 Å². The fourth-order valence-corrected chi connectivity index (χ4v) is 2.37. The van der Waals surface area contributed by atoms with Crippen LogP contribution in [0, 0.1) is 6.92 Å². The number of fused-ring (bicyclic) bond motifs is 1. The zero-order chi connectivity index (χ0) is 13.4. The van der Waals surface area contributed by atoms with Gasteiger partial charge in [0.1, 0.15) is 11.5 Å². The maximum absolute atomic E-state index is 11.1. The van der Waals surface area contributed by atoms with E-state index in [1.54, 1.807) is 0 Å². The fraction of sp³-hybridized carbons (Fsp3) is 0.0667. The highest BCUT2D eigenvalue weighted by Crippen LogP contribution is 2.24. The molecule has 94 valence electrons. The third-order valence-corrected chi connectivity index (χ3v) is 3.57. The highest BCUT2D eigenvalue weighted by molar-refractivity contribution is 9.10. The lowest BCUT2D eigenvalue weighted by Gasteiger charge is -2.02. The average molecular weight is 315 g/mol. The maximum Gasteiger partial charge on any atom is 0.170 e. The summed E-state index contributed by atoms with van der Waals surface area (Å²) >= 11 is 3.41. The number of carbonyl (C=O) groups is 1. The van der Waals surface area contributed by atoms with Crippen molar-refractivity contribution in [3.05, 3.63) is 58.3 Å². The zero-order valence-electron chi connectivity index (χ0n) is 10.3. The second-order valence-corrected chi connectivity index (χ2v) is 5.32. The Morgan fingerprint density at radius 2 is 1.95 bits per heavy atom. The smallest absolute Gasteiger partial charge is 0.170 e. The molecule has 0 unspecified atom stereocenters. The first-order chi connectivity index (χ1) is 9.19. The number of imidazole rings is 1. The quantitative estimate of drug-likeness (QED) is 0.673. The number of hydrogen-bond donors (Lipinski definition) is 0. The summed E-state index contributed by atoms with van der Waals surface area (Å²) in [5.41, 5.74) is 3.41. The first kappa shape index (κ1) is 12.1. The minimum absolute atomic E-state index is 0.474. The van der Waals surface area contributed by atoms with Gasteiger partial charge in [0.05, 0.1) is 5.52 Å². The molecule has 3 nitrogen and oxygen atoms in total. The number of pyridine rings is 1. The third-order valence-electron chi connectivity index (χ3n) is 3.04. The third kappa shape index (κ3) is 2.08. The van der Waals surface area contributed by atoms with Gasteiger partial charge in [-0.15, -0.1) is 0 Å². The Bertz CT molecular complexity index is 760. The Hall–Kier alpha value is -1.94. The average Bonchev–Trinajstić information content (AvgIpc) is 2.77. The summed E-state index contributed by atoms with van der Waals surface area (Å²) in [7, 11) is 0. The number of aryl methyl sites for hydroxylation is 1. The molecular weight excluding hydrogens is 304 g/mol. The van der Waals surface area contributed by atoms with Crippen LogP contribution in [-0.2, 0) is 0 Å². The summed E-state index contributed by atoms with van der Waals surface area (Å²) in [4.78, 5) is 15.6. The van der Waals surface area contributed by atoms with Gasteiger partial charge < -0.3 is 0 Å². The number of hydrogen-bond acceptors (Lipinski definition) is 2. The van der Waals surface area contributed by atoms with Crippen molar-refractivity contribution in [1.82, 2.24) is 9.38 Å². The van der Waals surface area contributed by atoms with E-state index in [1.807, 2.05) is 53.9 Å². The predicted octanol–water partition coefficient (Wildman–Crippen LogP) is 3.88. The van der Waals surface area contributed by atoms with Crippen LogP contribution in [0.4, 0.5) is 0 Å². The van der Waals surface area contributed by atoms with Crippen molar-refractivity contribution in [3.8, 4) is 11.4 Å². The molecule has 0 amide bonds. The van der Waals surface area contributed by atoms with E-state index in [4.69, 9.17) is 0 Å². The van der Waals surface area contributed by atoms with E-state index < -0.39 is 0 Å². The van der Waals surface area contributed by atoms with E-state index in [9.17, 15) is 4.79 Å². The molecule has 2 aromatic heterocycles. The van der Waals surface area contributed by atoms with Gasteiger partial charge in [0.25, 0.3) is 0 Å². The standard InChI is InChI=1S/C15H11BrN2O/c1-10-6-7-18-14(8-10)13(9-19)17-15(18)11-2-4-12(16)5-3-11/h2-9H,1H3. The lowest BCUT2D eigenvalue weighted by molar-refractivity contribution is 0.112. The second-order valence-electron chi connectivity index (χ2n) is 4.40. The molecule has 1 aromatic carbocycles. The van der Waals surface area contributed by atoms with Crippen molar-refractivity contribution >= 4 is 27.7 Å². The number of benzene rings is 1. The Morgan fingerprint density at radius 1 is 1.21 bits per heavy atom. The van der Waals surface area contributed by atoms with Crippen LogP contribution in [0.2, 0.25) is 0 Å². The number of halogens is 1. The van der Waals surface area contributed by atoms with E-state index in [0.29, 0.717) is 5.69 Å². The molecule has 0 fully saturated rings. The van der Waals surface area contributed by atoms with Crippen molar-refractivity contribution in [2.24, 2.45) is 0 Å². The topological polar surface area (TPSA) is 34.4 Å². The van der Waals surface area contributed by atoms with Crippen molar-refractivity contribution in [3.63, 3.8) is 0 Å². The van der Waals surface area contributed by atoms with Crippen LogP contribution >= 0.6 is 15.9 Å². The lowest BCUT2D eigenvalue weighted by Crippen LogP contribution is -1.89. The molecule has 0 saturated carbocycles. The zero-order valence-corrected chi connectivity index (χ0v) is 11.9. The van der Waals surface area contributed by atoms with Crippen molar-refractivity contribution in [2.45, 2.75) is 6.92 Å². The molecule has 3 rings (SSSR count). The van der Waals surface area contributed by atoms with Crippen LogP contribution in [0.1, 0.15) is 16.1 Å². The highest BCUT2D eigenvalue weighted by atomic mass is 79.9. The van der Waals surface area contributed by atoms with Gasteiger partial charge in [0, 0.05) is 16.2 Å². The van der Waals surface area contributed by atoms with Gasteiger partial charge in [-0.25, -0.2) is 4.98 Å². The maximum atomic E-state index is 11.1. The van der Waals surface area contributed by atoms with Crippen LogP contribution in [0.5, 0.6) is 0 Å². The van der Waals surface area contributed by atoms with Gasteiger partial charge >= 0.3 is 0 Å². The Morgan fingerprint density at radius 3 is 2.63 bits per heavy atom. The summed E-state index contributed by atoms with van der Waals surface area (Å²) in [5, 5.41) is 0. The second kappa shape index (κ2) is 4.63. The number of nitrogens with zero attached hydrogens (tertiary/aromatic N) is 2. The first-order valence-electron chi connectivity index (χ1n) is 5.89. The summed E-state index contributed by atoms with van der Waals surface area (Å²) in [6.07, 6.45) is 2.75. The fourth-order valence-electron chi connectivity index (χ4n) is 2.10. The highest BCUT2D eigenvalue weighted by Gasteiger charge is 2.11. The minimum atomic E-state index is 0.474. The molecule has 0 radical (unpaired) electrons. The first-order valence-corrected chi connectivity index (χ1v) is 6.68. The van der Waals surface area contributed by atoms with Gasteiger partial charge in [-0.2, -0.15) is 0 Å². The molecule has 19 heavy (non-hydrogen) atoms. The molecule has 0 aliphatic carbocycles. The molecule has 0 spiro atoms. The Balaban J connectivity index is 2.29. The monoisotopic (exact) mass is 314 g/mol. The molecule has 4 heteroatoms. The van der Waals surface area contributed by atoms with E-state index in [0.717, 1.165) is 33.2 Å². The predicted molar refractivity (Wildman–Crippen MR) is 78.5 cm³/mol. The van der Waals surface area contributed by atoms with E-state index in [1.165, 1.54) is 0 Å². The van der Waals surface area contributed by atoms with Crippen LogP contribution in [-0.4, -0.2) is 15.7 Å². The number of rotatable bonds is 2.